The van der Waals surface area contributed by atoms with Crippen molar-refractivity contribution < 1.29 is 9.53 Å². The molecule has 1 amide bonds. The molecular formula is C24H23N3O3S. The number of amides is 1. The predicted molar refractivity (Wildman–Crippen MR) is 124 cm³/mol. The highest BCUT2D eigenvalue weighted by atomic mass is 32.1. The highest BCUT2D eigenvalue weighted by molar-refractivity contribution is 7.17. The normalized spacial score (nSPS) is 10.9. The minimum Gasteiger partial charge on any atom is -0.497 e. The van der Waals surface area contributed by atoms with Gasteiger partial charge in [0.25, 0.3) is 5.56 Å². The summed E-state index contributed by atoms with van der Waals surface area (Å²) in [4.78, 5) is 31.0. The lowest BCUT2D eigenvalue weighted by Gasteiger charge is -2.11. The molecule has 4 aromatic rings. The van der Waals surface area contributed by atoms with Crippen LogP contribution in [-0.4, -0.2) is 29.1 Å². The van der Waals surface area contributed by atoms with Gasteiger partial charge in [0.05, 0.1) is 12.5 Å². The van der Waals surface area contributed by atoms with E-state index < -0.39 is 0 Å². The summed E-state index contributed by atoms with van der Waals surface area (Å²) in [5.41, 5.74) is 2.68. The standard InChI is InChI=1S/C24H23N3O3S/c1-16-26-23-22(20(15-31-23)18-8-10-19(30-2)11-9-18)24(29)27(16)14-21(28)25-13-12-17-6-4-3-5-7-17/h3-11,15H,12-14H2,1-2H3,(H,25,28). The van der Waals surface area contributed by atoms with Gasteiger partial charge in [-0.3, -0.25) is 14.2 Å². The van der Waals surface area contributed by atoms with Gasteiger partial charge in [-0.15, -0.1) is 11.3 Å². The lowest BCUT2D eigenvalue weighted by molar-refractivity contribution is -0.121. The molecule has 2 aromatic carbocycles. The van der Waals surface area contributed by atoms with Gasteiger partial charge < -0.3 is 10.1 Å². The van der Waals surface area contributed by atoms with Crippen molar-refractivity contribution in [2.75, 3.05) is 13.7 Å². The summed E-state index contributed by atoms with van der Waals surface area (Å²) in [7, 11) is 1.62. The maximum Gasteiger partial charge on any atom is 0.263 e. The Labute approximate surface area is 184 Å². The minimum absolute atomic E-state index is 0.0553. The molecule has 0 radical (unpaired) electrons. The Balaban J connectivity index is 1.56. The topological polar surface area (TPSA) is 73.2 Å². The quantitative estimate of drug-likeness (QED) is 0.481. The number of carbonyl (C=O) groups is 1. The van der Waals surface area contributed by atoms with Crippen LogP contribution in [0, 0.1) is 6.92 Å². The van der Waals surface area contributed by atoms with Crippen molar-refractivity contribution in [2.45, 2.75) is 19.9 Å². The summed E-state index contributed by atoms with van der Waals surface area (Å²) < 4.78 is 6.66. The highest BCUT2D eigenvalue weighted by Crippen LogP contribution is 2.31. The van der Waals surface area contributed by atoms with Crippen LogP contribution >= 0.6 is 11.3 Å². The van der Waals surface area contributed by atoms with Crippen LogP contribution in [0.2, 0.25) is 0 Å². The van der Waals surface area contributed by atoms with E-state index in [9.17, 15) is 9.59 Å². The summed E-state index contributed by atoms with van der Waals surface area (Å²) in [6, 6.07) is 17.5. The van der Waals surface area contributed by atoms with E-state index >= 15 is 0 Å². The number of carbonyl (C=O) groups excluding carboxylic acids is 1. The van der Waals surface area contributed by atoms with Crippen molar-refractivity contribution in [3.8, 4) is 16.9 Å². The molecule has 0 fully saturated rings. The number of benzene rings is 2. The smallest absolute Gasteiger partial charge is 0.263 e. The first-order valence-corrected chi connectivity index (χ1v) is 10.9. The van der Waals surface area contributed by atoms with E-state index in [0.29, 0.717) is 22.6 Å². The molecule has 2 heterocycles. The second-order valence-electron chi connectivity index (χ2n) is 7.19. The van der Waals surface area contributed by atoms with Gasteiger partial charge >= 0.3 is 0 Å². The van der Waals surface area contributed by atoms with E-state index in [1.165, 1.54) is 15.9 Å². The Bertz CT molecular complexity index is 1260. The lowest BCUT2D eigenvalue weighted by atomic mass is 10.1. The van der Waals surface area contributed by atoms with Crippen LogP contribution < -0.4 is 15.6 Å². The van der Waals surface area contributed by atoms with E-state index in [4.69, 9.17) is 4.74 Å². The number of nitrogens with one attached hydrogen (secondary N) is 1. The van der Waals surface area contributed by atoms with Crippen LogP contribution in [0.1, 0.15) is 11.4 Å². The molecule has 158 valence electrons. The van der Waals surface area contributed by atoms with Crippen LogP contribution in [0.5, 0.6) is 5.75 Å². The first kappa shape index (κ1) is 20.8. The first-order valence-electron chi connectivity index (χ1n) is 10.0. The third-order valence-electron chi connectivity index (χ3n) is 5.17. The number of nitrogens with zero attached hydrogens (tertiary/aromatic N) is 2. The molecule has 0 saturated heterocycles. The third-order valence-corrected chi connectivity index (χ3v) is 6.04. The average Bonchev–Trinajstić information content (AvgIpc) is 3.21. The van der Waals surface area contributed by atoms with Crippen molar-refractivity contribution in [2.24, 2.45) is 0 Å². The molecule has 0 atom stereocenters. The Morgan fingerprint density at radius 2 is 1.87 bits per heavy atom. The molecule has 0 spiro atoms. The van der Waals surface area contributed by atoms with Gasteiger partial charge in [-0.05, 0) is 36.6 Å². The fraction of sp³-hybridized carbons (Fsp3) is 0.208. The zero-order valence-electron chi connectivity index (χ0n) is 17.4. The fourth-order valence-corrected chi connectivity index (χ4v) is 4.47. The number of rotatable bonds is 7. The number of methoxy groups -OCH3 is 1. The van der Waals surface area contributed by atoms with Crippen molar-refractivity contribution in [3.63, 3.8) is 0 Å². The van der Waals surface area contributed by atoms with Crippen molar-refractivity contribution in [1.82, 2.24) is 14.9 Å². The number of aryl methyl sites for hydroxylation is 1. The zero-order valence-corrected chi connectivity index (χ0v) is 18.2. The lowest BCUT2D eigenvalue weighted by Crippen LogP contribution is -2.34. The predicted octanol–water partition coefficient (Wildman–Crippen LogP) is 3.80. The van der Waals surface area contributed by atoms with E-state index in [1.807, 2.05) is 60.0 Å². The number of hydrogen-bond acceptors (Lipinski definition) is 5. The van der Waals surface area contributed by atoms with E-state index in [2.05, 4.69) is 10.3 Å². The molecule has 31 heavy (non-hydrogen) atoms. The number of fused-ring (bicyclic) bond motifs is 1. The average molecular weight is 434 g/mol. The van der Waals surface area contributed by atoms with Crippen LogP contribution in [0.4, 0.5) is 0 Å². The SMILES string of the molecule is COc1ccc(-c2csc3nc(C)n(CC(=O)NCCc4ccccc4)c(=O)c23)cc1. The summed E-state index contributed by atoms with van der Waals surface area (Å²) >= 11 is 1.43. The summed E-state index contributed by atoms with van der Waals surface area (Å²) in [5, 5.41) is 5.37. The maximum absolute atomic E-state index is 13.3. The fourth-order valence-electron chi connectivity index (χ4n) is 3.49. The van der Waals surface area contributed by atoms with Crippen LogP contribution in [0.15, 0.2) is 64.8 Å². The molecule has 0 unspecified atom stereocenters. The molecular weight excluding hydrogens is 410 g/mol. The van der Waals surface area contributed by atoms with Gasteiger partial charge in [0, 0.05) is 17.5 Å². The van der Waals surface area contributed by atoms with Gasteiger partial charge in [0.2, 0.25) is 5.91 Å². The minimum atomic E-state index is -0.205. The second-order valence-corrected chi connectivity index (χ2v) is 8.05. The molecule has 0 bridgehead atoms. The van der Waals surface area contributed by atoms with Crippen molar-refractivity contribution in [3.05, 3.63) is 81.7 Å². The molecule has 0 aliphatic carbocycles. The molecule has 7 heteroatoms. The molecule has 0 saturated carbocycles. The summed E-state index contributed by atoms with van der Waals surface area (Å²) in [6.07, 6.45) is 0.740. The molecule has 0 aliphatic heterocycles. The molecule has 2 aromatic heterocycles. The Hall–Kier alpha value is -3.45. The zero-order chi connectivity index (χ0) is 21.8. The van der Waals surface area contributed by atoms with Gasteiger partial charge in [0.1, 0.15) is 22.9 Å². The van der Waals surface area contributed by atoms with E-state index in [0.717, 1.165) is 28.9 Å². The van der Waals surface area contributed by atoms with Crippen LogP contribution in [-0.2, 0) is 17.8 Å². The molecule has 1 N–H and O–H groups in total. The number of thiophene rings is 1. The number of ether oxygens (including phenoxy) is 1. The Morgan fingerprint density at radius 1 is 1.13 bits per heavy atom. The number of hydrogen-bond donors (Lipinski definition) is 1. The largest absolute Gasteiger partial charge is 0.497 e. The van der Waals surface area contributed by atoms with Crippen molar-refractivity contribution in [1.29, 1.82) is 0 Å². The molecule has 4 rings (SSSR count). The van der Waals surface area contributed by atoms with Gasteiger partial charge in [-0.25, -0.2) is 4.98 Å². The maximum atomic E-state index is 13.3. The van der Waals surface area contributed by atoms with Gasteiger partial charge in [-0.2, -0.15) is 0 Å². The highest BCUT2D eigenvalue weighted by Gasteiger charge is 2.17. The van der Waals surface area contributed by atoms with Crippen LogP contribution in [0.25, 0.3) is 21.3 Å². The first-order chi connectivity index (χ1) is 15.1. The Morgan fingerprint density at radius 3 is 2.58 bits per heavy atom. The third kappa shape index (κ3) is 4.51. The second kappa shape index (κ2) is 9.14. The molecule has 0 aliphatic rings. The van der Waals surface area contributed by atoms with Gasteiger partial charge in [-0.1, -0.05) is 42.5 Å². The summed E-state index contributed by atoms with van der Waals surface area (Å²) in [6.45, 7) is 2.22. The van der Waals surface area contributed by atoms with Gasteiger partial charge in [0.15, 0.2) is 0 Å². The van der Waals surface area contributed by atoms with Crippen LogP contribution in [0.3, 0.4) is 0 Å². The van der Waals surface area contributed by atoms with E-state index in [1.54, 1.807) is 14.0 Å². The van der Waals surface area contributed by atoms with E-state index in [-0.39, 0.29) is 18.0 Å². The monoisotopic (exact) mass is 433 g/mol. The molecule has 6 nitrogen and oxygen atoms in total. The Kier molecular flexibility index (Phi) is 6.13. The van der Waals surface area contributed by atoms with Crippen molar-refractivity contribution >= 4 is 27.5 Å². The number of aromatic nitrogens is 2. The summed E-state index contributed by atoms with van der Waals surface area (Å²) in [5.74, 6) is 1.07.